The highest BCUT2D eigenvalue weighted by Gasteiger charge is 2.11. The lowest BCUT2D eigenvalue weighted by Crippen LogP contribution is -2.11. The van der Waals surface area contributed by atoms with Crippen LogP contribution in [0.5, 0.6) is 0 Å². The molecule has 1 aromatic carbocycles. The molecule has 29 heavy (non-hydrogen) atoms. The average Bonchev–Trinajstić information content (AvgIpc) is 3.45. The molecule has 0 saturated carbocycles. The summed E-state index contributed by atoms with van der Waals surface area (Å²) in [6.45, 7) is 2.07. The monoisotopic (exact) mass is 424 g/mol. The summed E-state index contributed by atoms with van der Waals surface area (Å²) in [5, 5.41) is 9.46. The summed E-state index contributed by atoms with van der Waals surface area (Å²) in [5.41, 5.74) is 2.48. The molecule has 3 heterocycles. The minimum Gasteiger partial charge on any atom is -0.339 e. The predicted octanol–water partition coefficient (Wildman–Crippen LogP) is 5.12. The van der Waals surface area contributed by atoms with Crippen LogP contribution in [0.3, 0.4) is 0 Å². The van der Waals surface area contributed by atoms with Gasteiger partial charge in [-0.15, -0.1) is 22.7 Å². The molecule has 0 aliphatic carbocycles. The van der Waals surface area contributed by atoms with Gasteiger partial charge in [0.15, 0.2) is 5.13 Å². The molecule has 4 aromatic rings. The third-order valence-electron chi connectivity index (χ3n) is 4.30. The van der Waals surface area contributed by atoms with Crippen LogP contribution in [0.1, 0.15) is 34.7 Å². The first-order chi connectivity index (χ1) is 14.2. The standard InChI is InChI=1S/C21H20N4O2S2/c1-14-7-9-15(10-8-14)12-16-13-22-21(29-16)23-18(26)5-2-6-19-24-20(25-27-19)17-4-3-11-28-17/h3-4,7-11,13H,2,5-6,12H2,1H3,(H,22,23,26). The summed E-state index contributed by atoms with van der Waals surface area (Å²) < 4.78 is 5.26. The Morgan fingerprint density at radius 3 is 2.86 bits per heavy atom. The average molecular weight is 425 g/mol. The van der Waals surface area contributed by atoms with E-state index in [9.17, 15) is 4.79 Å². The van der Waals surface area contributed by atoms with Crippen LogP contribution in [0, 0.1) is 6.92 Å². The predicted molar refractivity (Wildman–Crippen MR) is 115 cm³/mol. The summed E-state index contributed by atoms with van der Waals surface area (Å²) in [6, 6.07) is 12.3. The highest BCUT2D eigenvalue weighted by atomic mass is 32.1. The van der Waals surface area contributed by atoms with Crippen molar-refractivity contribution >= 4 is 33.7 Å². The normalized spacial score (nSPS) is 10.9. The second-order valence-electron chi connectivity index (χ2n) is 6.68. The molecule has 0 fully saturated rings. The number of carbonyl (C=O) groups excluding carboxylic acids is 1. The number of aryl methyl sites for hydroxylation is 2. The van der Waals surface area contributed by atoms with Crippen LogP contribution >= 0.6 is 22.7 Å². The van der Waals surface area contributed by atoms with Gasteiger partial charge in [0.05, 0.1) is 4.88 Å². The number of nitrogens with zero attached hydrogens (tertiary/aromatic N) is 3. The number of thiophene rings is 1. The second kappa shape index (κ2) is 9.11. The molecule has 0 bridgehead atoms. The third-order valence-corrected chi connectivity index (χ3v) is 6.08. The molecule has 0 aliphatic rings. The van der Waals surface area contributed by atoms with Crippen LogP contribution in [0.15, 0.2) is 52.5 Å². The van der Waals surface area contributed by atoms with E-state index >= 15 is 0 Å². The molecule has 0 saturated heterocycles. The number of nitrogens with one attached hydrogen (secondary N) is 1. The SMILES string of the molecule is Cc1ccc(Cc2cnc(NC(=O)CCCc3nc(-c4cccs4)no3)s2)cc1. The van der Waals surface area contributed by atoms with Crippen LogP contribution in [-0.4, -0.2) is 21.0 Å². The van der Waals surface area contributed by atoms with E-state index in [-0.39, 0.29) is 5.91 Å². The number of carbonyl (C=O) groups is 1. The van der Waals surface area contributed by atoms with E-state index in [1.807, 2.05) is 23.7 Å². The molecule has 4 rings (SSSR count). The summed E-state index contributed by atoms with van der Waals surface area (Å²) in [7, 11) is 0. The third kappa shape index (κ3) is 5.36. The minimum atomic E-state index is -0.0563. The zero-order valence-corrected chi connectivity index (χ0v) is 17.6. The fourth-order valence-electron chi connectivity index (χ4n) is 2.80. The van der Waals surface area contributed by atoms with E-state index in [1.54, 1.807) is 11.3 Å². The molecule has 1 N–H and O–H groups in total. The Kier molecular flexibility index (Phi) is 6.12. The molecule has 1 amide bonds. The van der Waals surface area contributed by atoms with Gasteiger partial charge in [0, 0.05) is 30.3 Å². The second-order valence-corrected chi connectivity index (χ2v) is 8.75. The van der Waals surface area contributed by atoms with Gasteiger partial charge in [-0.25, -0.2) is 4.98 Å². The van der Waals surface area contributed by atoms with E-state index in [0.717, 1.165) is 16.2 Å². The number of amides is 1. The first-order valence-electron chi connectivity index (χ1n) is 9.32. The molecular weight excluding hydrogens is 404 g/mol. The van der Waals surface area contributed by atoms with Crippen molar-refractivity contribution in [1.29, 1.82) is 0 Å². The van der Waals surface area contributed by atoms with Gasteiger partial charge in [0.25, 0.3) is 0 Å². The lowest BCUT2D eigenvalue weighted by Gasteiger charge is -2.00. The van der Waals surface area contributed by atoms with Gasteiger partial charge in [-0.1, -0.05) is 41.1 Å². The number of anilines is 1. The summed E-state index contributed by atoms with van der Waals surface area (Å²) in [4.78, 5) is 23.0. The van der Waals surface area contributed by atoms with Crippen molar-refractivity contribution < 1.29 is 9.32 Å². The van der Waals surface area contributed by atoms with Crippen molar-refractivity contribution in [2.24, 2.45) is 0 Å². The Hall–Kier alpha value is -2.84. The molecule has 0 radical (unpaired) electrons. The molecule has 6 nitrogen and oxygen atoms in total. The van der Waals surface area contributed by atoms with Crippen molar-refractivity contribution in [2.75, 3.05) is 5.32 Å². The van der Waals surface area contributed by atoms with Crippen LogP contribution in [-0.2, 0) is 17.6 Å². The molecule has 8 heteroatoms. The maximum Gasteiger partial charge on any atom is 0.226 e. The van der Waals surface area contributed by atoms with E-state index in [1.165, 1.54) is 22.5 Å². The molecule has 148 valence electrons. The van der Waals surface area contributed by atoms with Crippen LogP contribution < -0.4 is 5.32 Å². The largest absolute Gasteiger partial charge is 0.339 e. The van der Waals surface area contributed by atoms with Gasteiger partial charge in [0.1, 0.15) is 0 Å². The van der Waals surface area contributed by atoms with Crippen molar-refractivity contribution in [1.82, 2.24) is 15.1 Å². The van der Waals surface area contributed by atoms with E-state index in [4.69, 9.17) is 4.52 Å². The Morgan fingerprint density at radius 1 is 1.21 bits per heavy atom. The van der Waals surface area contributed by atoms with Gasteiger partial charge >= 0.3 is 0 Å². The van der Waals surface area contributed by atoms with Crippen molar-refractivity contribution in [2.45, 2.75) is 32.6 Å². The van der Waals surface area contributed by atoms with Crippen LogP contribution in [0.4, 0.5) is 5.13 Å². The molecule has 0 atom stereocenters. The molecule has 0 unspecified atom stereocenters. The summed E-state index contributed by atoms with van der Waals surface area (Å²) in [6.07, 6.45) is 4.23. The molecule has 0 aliphatic heterocycles. The maximum atomic E-state index is 12.2. The number of hydrogen-bond acceptors (Lipinski definition) is 7. The molecule has 0 spiro atoms. The van der Waals surface area contributed by atoms with Gasteiger partial charge < -0.3 is 9.84 Å². The summed E-state index contributed by atoms with van der Waals surface area (Å²) in [5.74, 6) is 1.10. The number of benzene rings is 1. The van der Waals surface area contributed by atoms with Gasteiger partial charge in [-0.3, -0.25) is 4.79 Å². The van der Waals surface area contributed by atoms with E-state index < -0.39 is 0 Å². The smallest absolute Gasteiger partial charge is 0.226 e. The zero-order chi connectivity index (χ0) is 20.1. The zero-order valence-electron chi connectivity index (χ0n) is 15.9. The van der Waals surface area contributed by atoms with Gasteiger partial charge in [0.2, 0.25) is 17.6 Å². The fourth-order valence-corrected chi connectivity index (χ4v) is 4.31. The van der Waals surface area contributed by atoms with E-state index in [2.05, 4.69) is 51.6 Å². The quantitative estimate of drug-likeness (QED) is 0.425. The fraction of sp³-hybridized carbons (Fsp3) is 0.238. The topological polar surface area (TPSA) is 80.9 Å². The Labute approximate surface area is 176 Å². The van der Waals surface area contributed by atoms with Crippen LogP contribution in [0.25, 0.3) is 10.7 Å². The highest BCUT2D eigenvalue weighted by molar-refractivity contribution is 7.15. The highest BCUT2D eigenvalue weighted by Crippen LogP contribution is 2.23. The minimum absolute atomic E-state index is 0.0563. The Balaban J connectivity index is 1.23. The number of thiazole rings is 1. The number of rotatable bonds is 8. The first-order valence-corrected chi connectivity index (χ1v) is 11.0. The summed E-state index contributed by atoms with van der Waals surface area (Å²) >= 11 is 3.08. The first kappa shape index (κ1) is 19.5. The van der Waals surface area contributed by atoms with Gasteiger partial charge in [-0.05, 0) is 30.4 Å². The molecular formula is C21H20N4O2S2. The Morgan fingerprint density at radius 2 is 2.07 bits per heavy atom. The van der Waals surface area contributed by atoms with E-state index in [0.29, 0.717) is 36.1 Å². The number of hydrogen-bond donors (Lipinski definition) is 1. The van der Waals surface area contributed by atoms with Crippen LogP contribution in [0.2, 0.25) is 0 Å². The number of aromatic nitrogens is 3. The van der Waals surface area contributed by atoms with Crippen molar-refractivity contribution in [3.05, 3.63) is 69.9 Å². The lowest BCUT2D eigenvalue weighted by molar-refractivity contribution is -0.116. The lowest BCUT2D eigenvalue weighted by atomic mass is 10.1. The molecule has 3 aromatic heterocycles. The van der Waals surface area contributed by atoms with Crippen molar-refractivity contribution in [3.63, 3.8) is 0 Å². The van der Waals surface area contributed by atoms with Gasteiger partial charge in [-0.2, -0.15) is 4.98 Å². The Bertz CT molecular complexity index is 1070. The maximum absolute atomic E-state index is 12.2. The van der Waals surface area contributed by atoms with Crippen molar-refractivity contribution in [3.8, 4) is 10.7 Å².